The first-order chi connectivity index (χ1) is 17.7. The fourth-order valence-electron chi connectivity index (χ4n) is 4.92. The minimum Gasteiger partial charge on any atom is -0.457 e. The number of alkyl halides is 3. The third kappa shape index (κ3) is 6.17. The largest absolute Gasteiger partial charge is 0.457 e. The van der Waals surface area contributed by atoms with Crippen molar-refractivity contribution >= 4 is 17.7 Å². The van der Waals surface area contributed by atoms with Crippen LogP contribution in [0.1, 0.15) is 24.0 Å². The Bertz CT molecular complexity index is 1270. The van der Waals surface area contributed by atoms with Crippen LogP contribution in [0.2, 0.25) is 5.02 Å². The van der Waals surface area contributed by atoms with Crippen molar-refractivity contribution in [3.8, 4) is 17.2 Å². The normalized spacial score (nSPS) is 17.4. The molecular weight excluding hydrogens is 507 g/mol. The summed E-state index contributed by atoms with van der Waals surface area (Å²) < 4.78 is 49.7. The summed E-state index contributed by atoms with van der Waals surface area (Å²) in [6.07, 6.45) is -1.75. The van der Waals surface area contributed by atoms with Gasteiger partial charge in [-0.05, 0) is 60.2 Å². The molecule has 0 unspecified atom stereocenters. The van der Waals surface area contributed by atoms with Crippen LogP contribution in [0.15, 0.2) is 67.0 Å². The van der Waals surface area contributed by atoms with Gasteiger partial charge < -0.3 is 14.4 Å². The van der Waals surface area contributed by atoms with Crippen LogP contribution in [0, 0.1) is 5.41 Å². The highest BCUT2D eigenvalue weighted by atomic mass is 35.5. The van der Waals surface area contributed by atoms with E-state index in [9.17, 15) is 18.0 Å². The molecular formula is C27H25ClF3N3O3. The van der Waals surface area contributed by atoms with E-state index in [1.54, 1.807) is 17.0 Å². The van der Waals surface area contributed by atoms with Gasteiger partial charge in [-0.3, -0.25) is 9.88 Å². The molecule has 1 spiro atoms. The van der Waals surface area contributed by atoms with Gasteiger partial charge in [0, 0.05) is 43.9 Å². The van der Waals surface area contributed by atoms with Gasteiger partial charge >= 0.3 is 12.3 Å². The monoisotopic (exact) mass is 531 g/mol. The molecule has 1 aromatic heterocycles. The van der Waals surface area contributed by atoms with Crippen molar-refractivity contribution < 1.29 is 27.4 Å². The first-order valence-electron chi connectivity index (χ1n) is 11.9. The first-order valence-corrected chi connectivity index (χ1v) is 12.3. The number of nitrogens with zero attached hydrogens (tertiary/aromatic N) is 3. The van der Waals surface area contributed by atoms with Gasteiger partial charge in [0.15, 0.2) is 5.75 Å². The van der Waals surface area contributed by atoms with Crippen molar-refractivity contribution in [1.82, 2.24) is 14.8 Å². The highest BCUT2D eigenvalue weighted by Crippen LogP contribution is 2.41. The van der Waals surface area contributed by atoms with E-state index in [-0.39, 0.29) is 11.2 Å². The molecule has 2 aliphatic rings. The standard InChI is InChI=1S/C27H25ClF3N3O3/c28-21-4-2-6-23(13-21)36-22-5-1-3-19(11-22)16-33-17-26(18-33)7-9-34(10-8-26)25(35)37-24-12-20(14-32-15-24)27(29,30)31/h1-6,11-15H,7-10,16-18H2. The van der Waals surface area contributed by atoms with Crippen molar-refractivity contribution in [2.45, 2.75) is 25.6 Å². The van der Waals surface area contributed by atoms with E-state index in [1.165, 1.54) is 0 Å². The lowest BCUT2D eigenvalue weighted by molar-refractivity contribution is -0.137. The molecule has 0 saturated carbocycles. The highest BCUT2D eigenvalue weighted by Gasteiger charge is 2.45. The van der Waals surface area contributed by atoms with E-state index in [0.717, 1.165) is 56.1 Å². The maximum atomic E-state index is 12.9. The van der Waals surface area contributed by atoms with Gasteiger partial charge in [-0.1, -0.05) is 29.8 Å². The third-order valence-electron chi connectivity index (χ3n) is 6.78. The molecule has 10 heteroatoms. The second kappa shape index (κ2) is 10.2. The molecule has 0 radical (unpaired) electrons. The summed E-state index contributed by atoms with van der Waals surface area (Å²) in [5.74, 6) is 1.22. The minimum atomic E-state index is -4.55. The van der Waals surface area contributed by atoms with Crippen molar-refractivity contribution in [3.05, 3.63) is 83.1 Å². The first kappa shape index (κ1) is 25.4. The number of halogens is 4. The topological polar surface area (TPSA) is 54.9 Å². The molecule has 2 aromatic carbocycles. The smallest absolute Gasteiger partial charge is 0.418 e. The van der Waals surface area contributed by atoms with Crippen LogP contribution < -0.4 is 9.47 Å². The second-order valence-corrected chi connectivity index (χ2v) is 10.1. The van der Waals surface area contributed by atoms with Crippen LogP contribution in [-0.4, -0.2) is 47.1 Å². The third-order valence-corrected chi connectivity index (χ3v) is 7.02. The number of carbonyl (C=O) groups is 1. The Morgan fingerprint density at radius 2 is 1.68 bits per heavy atom. The molecule has 2 saturated heterocycles. The molecule has 37 heavy (non-hydrogen) atoms. The number of hydrogen-bond donors (Lipinski definition) is 0. The number of benzene rings is 2. The maximum Gasteiger partial charge on any atom is 0.418 e. The summed E-state index contributed by atoms with van der Waals surface area (Å²) in [5, 5.41) is 0.617. The van der Waals surface area contributed by atoms with E-state index in [1.807, 2.05) is 30.3 Å². The molecule has 6 nitrogen and oxygen atoms in total. The fraction of sp³-hybridized carbons (Fsp3) is 0.333. The Labute approximate surface area is 217 Å². The molecule has 2 fully saturated rings. The Kier molecular flexibility index (Phi) is 7.00. The van der Waals surface area contributed by atoms with Crippen molar-refractivity contribution in [2.75, 3.05) is 26.2 Å². The molecule has 2 aliphatic heterocycles. The molecule has 5 rings (SSSR count). The number of carbonyl (C=O) groups excluding carboxylic acids is 1. The van der Waals surface area contributed by atoms with Crippen molar-refractivity contribution in [2.24, 2.45) is 5.41 Å². The average Bonchev–Trinajstić information content (AvgIpc) is 2.83. The zero-order valence-electron chi connectivity index (χ0n) is 19.9. The number of likely N-dealkylation sites (tertiary alicyclic amines) is 2. The lowest BCUT2D eigenvalue weighted by Gasteiger charge is -2.54. The van der Waals surface area contributed by atoms with E-state index in [0.29, 0.717) is 30.1 Å². The predicted octanol–water partition coefficient (Wildman–Crippen LogP) is 6.64. The number of piperidine rings is 1. The van der Waals surface area contributed by atoms with Crippen LogP contribution in [0.3, 0.4) is 0 Å². The summed E-state index contributed by atoms with van der Waals surface area (Å²) in [6, 6.07) is 16.0. The summed E-state index contributed by atoms with van der Waals surface area (Å²) in [5.41, 5.74) is 0.334. The number of ether oxygens (including phenoxy) is 2. The number of aromatic nitrogens is 1. The second-order valence-electron chi connectivity index (χ2n) is 9.61. The van der Waals surface area contributed by atoms with E-state index >= 15 is 0 Å². The summed E-state index contributed by atoms with van der Waals surface area (Å²) in [6.45, 7) is 3.65. The van der Waals surface area contributed by atoms with Crippen molar-refractivity contribution in [1.29, 1.82) is 0 Å². The fourth-order valence-corrected chi connectivity index (χ4v) is 5.10. The van der Waals surface area contributed by atoms with E-state index < -0.39 is 17.8 Å². The lowest BCUT2D eigenvalue weighted by Crippen LogP contribution is -2.60. The molecule has 0 atom stereocenters. The minimum absolute atomic E-state index is 0.142. The van der Waals surface area contributed by atoms with Crippen LogP contribution in [0.5, 0.6) is 17.2 Å². The Balaban J connectivity index is 1.10. The summed E-state index contributed by atoms with van der Waals surface area (Å²) >= 11 is 6.04. The van der Waals surface area contributed by atoms with Crippen LogP contribution in [0.4, 0.5) is 18.0 Å². The quantitative estimate of drug-likeness (QED) is 0.369. The Morgan fingerprint density at radius 3 is 2.38 bits per heavy atom. The van der Waals surface area contributed by atoms with E-state index in [4.69, 9.17) is 21.1 Å². The Hall–Kier alpha value is -3.30. The summed E-state index contributed by atoms with van der Waals surface area (Å²) in [7, 11) is 0. The summed E-state index contributed by atoms with van der Waals surface area (Å²) in [4.78, 5) is 19.9. The van der Waals surface area contributed by atoms with E-state index in [2.05, 4.69) is 16.0 Å². The van der Waals surface area contributed by atoms with Gasteiger partial charge in [0.25, 0.3) is 0 Å². The van der Waals surface area contributed by atoms with Crippen LogP contribution in [-0.2, 0) is 12.7 Å². The number of pyridine rings is 1. The van der Waals surface area contributed by atoms with Gasteiger partial charge in [-0.15, -0.1) is 0 Å². The molecule has 194 valence electrons. The predicted molar refractivity (Wildman–Crippen MR) is 132 cm³/mol. The average molecular weight is 532 g/mol. The molecule has 0 aliphatic carbocycles. The van der Waals surface area contributed by atoms with Gasteiger partial charge in [-0.2, -0.15) is 13.2 Å². The molecule has 0 N–H and O–H groups in total. The molecule has 3 aromatic rings. The van der Waals surface area contributed by atoms with Crippen molar-refractivity contribution in [3.63, 3.8) is 0 Å². The molecule has 3 heterocycles. The maximum absolute atomic E-state index is 12.9. The van der Waals surface area contributed by atoms with Gasteiger partial charge in [0.05, 0.1) is 11.8 Å². The van der Waals surface area contributed by atoms with Gasteiger partial charge in [0.2, 0.25) is 0 Å². The zero-order chi connectivity index (χ0) is 26.0. The van der Waals surface area contributed by atoms with Crippen LogP contribution in [0.25, 0.3) is 0 Å². The highest BCUT2D eigenvalue weighted by molar-refractivity contribution is 6.30. The lowest BCUT2D eigenvalue weighted by atomic mass is 9.72. The SMILES string of the molecule is O=C(Oc1cncc(C(F)(F)F)c1)N1CCC2(CC1)CN(Cc1cccc(Oc3cccc(Cl)c3)c1)C2. The number of rotatable bonds is 5. The number of hydrogen-bond acceptors (Lipinski definition) is 5. The molecule has 0 bridgehead atoms. The zero-order valence-corrected chi connectivity index (χ0v) is 20.6. The van der Waals surface area contributed by atoms with Gasteiger partial charge in [0.1, 0.15) is 11.5 Å². The Morgan fingerprint density at radius 1 is 0.973 bits per heavy atom. The number of amides is 1. The van der Waals surface area contributed by atoms with Crippen LogP contribution >= 0.6 is 11.6 Å². The molecule has 1 amide bonds. The van der Waals surface area contributed by atoms with Gasteiger partial charge in [-0.25, -0.2) is 4.79 Å².